The number of nitriles is 1. The van der Waals surface area contributed by atoms with E-state index in [4.69, 9.17) is 0 Å². The summed E-state index contributed by atoms with van der Waals surface area (Å²) in [6.45, 7) is 1.80. The van der Waals surface area contributed by atoms with E-state index in [2.05, 4.69) is 9.98 Å². The molecule has 1 unspecified atom stereocenters. The fourth-order valence-corrected chi connectivity index (χ4v) is 4.89. The zero-order valence-electron chi connectivity index (χ0n) is 17.4. The molecule has 0 saturated carbocycles. The number of halogens is 1. The van der Waals surface area contributed by atoms with E-state index in [0.717, 1.165) is 23.0 Å². The molecule has 4 rings (SSSR count). The number of amidine groups is 1. The van der Waals surface area contributed by atoms with Crippen LogP contribution in [0, 0.1) is 24.1 Å². The van der Waals surface area contributed by atoms with Crippen LogP contribution in [0.25, 0.3) is 6.08 Å². The Morgan fingerprint density at radius 1 is 1.24 bits per heavy atom. The van der Waals surface area contributed by atoms with Crippen LogP contribution in [0.3, 0.4) is 0 Å². The molecule has 164 valence electrons. The SMILES string of the molecule is Cc1csc(C(C#N)C(=O)CSC2=N/C(=C\c3ccccc3)C(=O)N2c2ccc(F)cc2)n1. The van der Waals surface area contributed by atoms with E-state index in [1.807, 2.05) is 36.4 Å². The van der Waals surface area contributed by atoms with Gasteiger partial charge in [0.2, 0.25) is 0 Å². The number of hydrogen-bond acceptors (Lipinski definition) is 7. The fourth-order valence-electron chi connectivity index (χ4n) is 3.11. The predicted octanol–water partition coefficient (Wildman–Crippen LogP) is 4.94. The van der Waals surface area contributed by atoms with Gasteiger partial charge in [-0.25, -0.2) is 14.4 Å². The number of benzene rings is 2. The summed E-state index contributed by atoms with van der Waals surface area (Å²) in [6.07, 6.45) is 1.66. The maximum absolute atomic E-state index is 13.4. The van der Waals surface area contributed by atoms with Gasteiger partial charge in [-0.2, -0.15) is 5.26 Å². The van der Waals surface area contributed by atoms with Gasteiger partial charge in [0.25, 0.3) is 5.91 Å². The van der Waals surface area contributed by atoms with Crippen LogP contribution in [0.15, 0.2) is 70.7 Å². The van der Waals surface area contributed by atoms with Crippen molar-refractivity contribution in [1.82, 2.24) is 4.98 Å². The zero-order valence-corrected chi connectivity index (χ0v) is 19.1. The number of ketones is 1. The quantitative estimate of drug-likeness (QED) is 0.470. The molecule has 1 atom stereocenters. The Balaban J connectivity index is 1.60. The largest absolute Gasteiger partial charge is 0.297 e. The Morgan fingerprint density at radius 3 is 2.61 bits per heavy atom. The van der Waals surface area contributed by atoms with Gasteiger partial charge in [-0.05, 0) is 42.8 Å². The molecule has 0 radical (unpaired) electrons. The van der Waals surface area contributed by atoms with Crippen LogP contribution in [0.5, 0.6) is 0 Å². The number of thiazole rings is 1. The predicted molar refractivity (Wildman–Crippen MR) is 128 cm³/mol. The number of carbonyl (C=O) groups excluding carboxylic acids is 2. The molecule has 1 amide bonds. The standard InChI is InChI=1S/C24H17FN4O2S2/c1-15-13-32-22(27-15)19(12-26)21(30)14-33-24-28-20(11-16-5-3-2-4-6-16)23(31)29(24)18-9-7-17(25)8-10-18/h2-11,13,19H,14H2,1H3/b20-11-. The second-order valence-electron chi connectivity index (χ2n) is 7.10. The lowest BCUT2D eigenvalue weighted by molar-refractivity contribution is -0.117. The summed E-state index contributed by atoms with van der Waals surface area (Å²) in [5.41, 5.74) is 2.19. The lowest BCUT2D eigenvalue weighted by Gasteiger charge is -2.17. The van der Waals surface area contributed by atoms with E-state index in [1.54, 1.807) is 18.4 Å². The molecule has 1 aromatic heterocycles. The van der Waals surface area contributed by atoms with E-state index < -0.39 is 11.7 Å². The Kier molecular flexibility index (Phi) is 6.77. The Labute approximate surface area is 198 Å². The van der Waals surface area contributed by atoms with Crippen molar-refractivity contribution in [1.29, 1.82) is 5.26 Å². The number of carbonyl (C=O) groups is 2. The van der Waals surface area contributed by atoms with Crippen LogP contribution in [-0.4, -0.2) is 27.6 Å². The molecule has 1 aliphatic rings. The van der Waals surface area contributed by atoms with Crippen molar-refractivity contribution in [3.8, 4) is 6.07 Å². The molecule has 0 saturated heterocycles. The first kappa shape index (κ1) is 22.6. The van der Waals surface area contributed by atoms with Crippen LogP contribution in [-0.2, 0) is 9.59 Å². The Hall–Kier alpha value is -3.61. The molecule has 1 aliphatic heterocycles. The van der Waals surface area contributed by atoms with Gasteiger partial charge in [-0.1, -0.05) is 42.1 Å². The molecule has 0 fully saturated rings. The Morgan fingerprint density at radius 2 is 1.97 bits per heavy atom. The van der Waals surface area contributed by atoms with Crippen molar-refractivity contribution >= 4 is 51.7 Å². The molecule has 0 aliphatic carbocycles. The number of amides is 1. The third-order valence-electron chi connectivity index (χ3n) is 4.70. The summed E-state index contributed by atoms with van der Waals surface area (Å²) in [5.74, 6) is -2.19. The fraction of sp³-hybridized carbons (Fsp3) is 0.125. The van der Waals surface area contributed by atoms with Gasteiger partial charge in [0.15, 0.2) is 16.9 Å². The van der Waals surface area contributed by atoms with E-state index in [1.165, 1.54) is 40.5 Å². The maximum Gasteiger partial charge on any atom is 0.283 e. The topological polar surface area (TPSA) is 86.4 Å². The highest BCUT2D eigenvalue weighted by molar-refractivity contribution is 8.14. The van der Waals surface area contributed by atoms with Crippen molar-refractivity contribution in [3.63, 3.8) is 0 Å². The molecule has 9 heteroatoms. The summed E-state index contributed by atoms with van der Waals surface area (Å²) in [6, 6.07) is 16.8. The van der Waals surface area contributed by atoms with Gasteiger partial charge in [0, 0.05) is 11.1 Å². The number of nitrogens with zero attached hydrogens (tertiary/aromatic N) is 4. The number of hydrogen-bond donors (Lipinski definition) is 0. The molecule has 0 N–H and O–H groups in total. The third-order valence-corrected chi connectivity index (χ3v) is 6.68. The number of anilines is 1. The van der Waals surface area contributed by atoms with Gasteiger partial charge >= 0.3 is 0 Å². The van der Waals surface area contributed by atoms with Gasteiger partial charge < -0.3 is 0 Å². The Bertz CT molecular complexity index is 1290. The van der Waals surface area contributed by atoms with Crippen molar-refractivity contribution in [3.05, 3.63) is 87.8 Å². The smallest absolute Gasteiger partial charge is 0.283 e. The van der Waals surface area contributed by atoms with E-state index in [9.17, 15) is 19.2 Å². The van der Waals surface area contributed by atoms with Crippen LogP contribution in [0.1, 0.15) is 22.2 Å². The number of aliphatic imine (C=N–C) groups is 1. The highest BCUT2D eigenvalue weighted by atomic mass is 32.2. The van der Waals surface area contributed by atoms with Gasteiger partial charge in [-0.3, -0.25) is 14.5 Å². The van der Waals surface area contributed by atoms with Crippen LogP contribution >= 0.6 is 23.1 Å². The number of thioether (sulfide) groups is 1. The van der Waals surface area contributed by atoms with Crippen molar-refractivity contribution in [2.75, 3.05) is 10.7 Å². The first-order valence-corrected chi connectivity index (χ1v) is 11.8. The summed E-state index contributed by atoms with van der Waals surface area (Å²) in [7, 11) is 0. The van der Waals surface area contributed by atoms with E-state index >= 15 is 0 Å². The minimum atomic E-state index is -0.979. The van der Waals surface area contributed by atoms with E-state index in [-0.39, 0.29) is 28.3 Å². The molecule has 6 nitrogen and oxygen atoms in total. The van der Waals surface area contributed by atoms with Gasteiger partial charge in [0.05, 0.1) is 17.5 Å². The van der Waals surface area contributed by atoms with Gasteiger partial charge in [0.1, 0.15) is 16.5 Å². The number of rotatable bonds is 6. The molecule has 2 aromatic carbocycles. The molecular formula is C24H17FN4O2S2. The molecular weight excluding hydrogens is 459 g/mol. The first-order valence-electron chi connectivity index (χ1n) is 9.89. The summed E-state index contributed by atoms with van der Waals surface area (Å²) in [5, 5.41) is 12.0. The summed E-state index contributed by atoms with van der Waals surface area (Å²) < 4.78 is 13.4. The molecule has 0 bridgehead atoms. The van der Waals surface area contributed by atoms with Crippen molar-refractivity contribution in [2.45, 2.75) is 12.8 Å². The number of aromatic nitrogens is 1. The molecule has 33 heavy (non-hydrogen) atoms. The first-order chi connectivity index (χ1) is 16.0. The average Bonchev–Trinajstić information content (AvgIpc) is 3.37. The zero-order chi connectivity index (χ0) is 23.4. The number of Topliss-reactive ketones (excluding diaryl/α,β-unsaturated/α-hetero) is 1. The van der Waals surface area contributed by atoms with Crippen molar-refractivity contribution in [2.24, 2.45) is 4.99 Å². The minimum absolute atomic E-state index is 0.0702. The van der Waals surface area contributed by atoms with Crippen molar-refractivity contribution < 1.29 is 14.0 Å². The third kappa shape index (κ3) is 5.08. The highest BCUT2D eigenvalue weighted by Crippen LogP contribution is 2.31. The lowest BCUT2D eigenvalue weighted by atomic mass is 10.1. The maximum atomic E-state index is 13.4. The van der Waals surface area contributed by atoms with Crippen LogP contribution in [0.4, 0.5) is 10.1 Å². The minimum Gasteiger partial charge on any atom is -0.297 e. The molecule has 3 aromatic rings. The van der Waals surface area contributed by atoms with E-state index in [0.29, 0.717) is 10.7 Å². The van der Waals surface area contributed by atoms with Crippen LogP contribution in [0.2, 0.25) is 0 Å². The lowest BCUT2D eigenvalue weighted by Crippen LogP contribution is -2.31. The summed E-state index contributed by atoms with van der Waals surface area (Å²) in [4.78, 5) is 36.0. The van der Waals surface area contributed by atoms with Crippen LogP contribution < -0.4 is 4.90 Å². The molecule has 0 spiro atoms. The highest BCUT2D eigenvalue weighted by Gasteiger charge is 2.33. The average molecular weight is 477 g/mol. The monoisotopic (exact) mass is 476 g/mol. The second kappa shape index (κ2) is 9.90. The number of aryl methyl sites for hydroxylation is 1. The normalized spacial score (nSPS) is 15.4. The second-order valence-corrected chi connectivity index (χ2v) is 8.93. The van der Waals surface area contributed by atoms with Gasteiger partial charge in [-0.15, -0.1) is 11.3 Å². The summed E-state index contributed by atoms with van der Waals surface area (Å²) >= 11 is 2.33. The molecule has 2 heterocycles.